The van der Waals surface area contributed by atoms with E-state index in [1.807, 2.05) is 0 Å². The zero-order valence-corrected chi connectivity index (χ0v) is 19.5. The molecule has 0 aliphatic carbocycles. The molecule has 0 spiro atoms. The molecule has 1 heterocycles. The monoisotopic (exact) mass is 567 g/mol. The Morgan fingerprint density at radius 3 is 2.20 bits per heavy atom. The van der Waals surface area contributed by atoms with Gasteiger partial charge in [0.1, 0.15) is 39.9 Å². The van der Waals surface area contributed by atoms with Gasteiger partial charge < -0.3 is 35.1 Å². The van der Waals surface area contributed by atoms with Crippen LogP contribution in [0.2, 0.25) is 0 Å². The van der Waals surface area contributed by atoms with Crippen LogP contribution in [0, 0.1) is 5.82 Å². The summed E-state index contributed by atoms with van der Waals surface area (Å²) in [4.78, 5) is 27.8. The van der Waals surface area contributed by atoms with E-state index in [1.165, 1.54) is 6.07 Å². The molecule has 3 aromatic rings. The van der Waals surface area contributed by atoms with Crippen molar-refractivity contribution in [2.45, 2.75) is 18.6 Å². The molecule has 0 atom stereocenters. The second-order valence-corrected chi connectivity index (χ2v) is 7.52. The van der Waals surface area contributed by atoms with Gasteiger partial charge in [0.15, 0.2) is 27.2 Å². The zero-order valence-electron chi connectivity index (χ0n) is 19.5. The van der Waals surface area contributed by atoms with Crippen LogP contribution in [-0.4, -0.2) is 56.2 Å². The summed E-state index contributed by atoms with van der Waals surface area (Å²) in [6, 6.07) is 5.39. The molecule has 2 amide bonds. The molecule has 2 aromatic carbocycles. The predicted molar refractivity (Wildman–Crippen MR) is 124 cm³/mol. The van der Waals surface area contributed by atoms with E-state index in [0.29, 0.717) is 24.3 Å². The van der Waals surface area contributed by atoms with Gasteiger partial charge in [0.2, 0.25) is 0 Å². The number of ether oxygens (including phenoxy) is 4. The molecule has 0 unspecified atom stereocenters. The fourth-order valence-corrected chi connectivity index (χ4v) is 2.98. The SMILES string of the molecule is [B]C([B])(O)Oc1cc(OC(F)(F)F)ccc1Oc1cc(OC(F)F)cc(F)c1C(=O)Nc1ccc(C(N)=O)nc1. The van der Waals surface area contributed by atoms with E-state index in [2.05, 4.69) is 19.8 Å². The summed E-state index contributed by atoms with van der Waals surface area (Å²) in [7, 11) is 10.3. The number of nitrogens with zero attached hydrogens (tertiary/aromatic N) is 1. The lowest BCUT2D eigenvalue weighted by Crippen LogP contribution is -2.36. The summed E-state index contributed by atoms with van der Waals surface area (Å²) in [5, 5.41) is 11.8. The smallest absolute Gasteiger partial charge is 0.478 e. The third-order valence-electron chi connectivity index (χ3n) is 4.40. The van der Waals surface area contributed by atoms with E-state index in [1.54, 1.807) is 0 Å². The average Bonchev–Trinajstić information content (AvgIpc) is 2.78. The van der Waals surface area contributed by atoms with Crippen molar-refractivity contribution in [1.29, 1.82) is 0 Å². The molecular weight excluding hydrogens is 554 g/mol. The molecule has 0 saturated carbocycles. The van der Waals surface area contributed by atoms with E-state index in [4.69, 9.17) is 30.9 Å². The Balaban J connectivity index is 2.06. The first-order chi connectivity index (χ1) is 18.5. The maximum Gasteiger partial charge on any atom is 0.573 e. The van der Waals surface area contributed by atoms with Gasteiger partial charge in [-0.3, -0.25) is 9.59 Å². The van der Waals surface area contributed by atoms with Gasteiger partial charge in [-0.1, -0.05) is 0 Å². The van der Waals surface area contributed by atoms with Crippen LogP contribution >= 0.6 is 0 Å². The van der Waals surface area contributed by atoms with Crippen molar-refractivity contribution in [2.75, 3.05) is 5.32 Å². The van der Waals surface area contributed by atoms with Crippen LogP contribution in [0.3, 0.4) is 0 Å². The van der Waals surface area contributed by atoms with Gasteiger partial charge in [-0.2, -0.15) is 8.78 Å². The number of aromatic nitrogens is 1. The summed E-state index contributed by atoms with van der Waals surface area (Å²) >= 11 is 0. The highest BCUT2D eigenvalue weighted by atomic mass is 19.4. The summed E-state index contributed by atoms with van der Waals surface area (Å²) in [6.45, 7) is -3.43. The zero-order chi connectivity index (χ0) is 29.8. The Labute approximate surface area is 222 Å². The number of nitrogens with two attached hydrogens (primary N) is 1. The van der Waals surface area contributed by atoms with Crippen molar-refractivity contribution in [3.63, 3.8) is 0 Å². The quantitative estimate of drug-likeness (QED) is 0.193. The second-order valence-electron chi connectivity index (χ2n) is 7.52. The lowest BCUT2D eigenvalue weighted by molar-refractivity contribution is -0.274. The number of amides is 2. The van der Waals surface area contributed by atoms with Crippen molar-refractivity contribution in [3.8, 4) is 28.7 Å². The van der Waals surface area contributed by atoms with E-state index in [9.17, 15) is 36.6 Å². The summed E-state index contributed by atoms with van der Waals surface area (Å²) in [5.41, 5.74) is 0.955. The number of alkyl halides is 5. The normalized spacial score (nSPS) is 11.6. The van der Waals surface area contributed by atoms with Gasteiger partial charge in [0.05, 0.1) is 11.9 Å². The van der Waals surface area contributed by atoms with Gasteiger partial charge in [0, 0.05) is 18.2 Å². The Bertz CT molecular complexity index is 1400. The number of carbonyl (C=O) groups excluding carboxylic acids is 2. The number of pyridine rings is 1. The predicted octanol–water partition coefficient (Wildman–Crippen LogP) is 3.18. The Morgan fingerprint density at radius 2 is 1.65 bits per heavy atom. The maximum absolute atomic E-state index is 15.0. The van der Waals surface area contributed by atoms with Gasteiger partial charge >= 0.3 is 13.0 Å². The minimum atomic E-state index is -5.15. The van der Waals surface area contributed by atoms with Crippen molar-refractivity contribution < 1.29 is 60.0 Å². The van der Waals surface area contributed by atoms with Crippen LogP contribution in [0.15, 0.2) is 48.7 Å². The van der Waals surface area contributed by atoms with Gasteiger partial charge in [-0.05, 0) is 24.3 Å². The lowest BCUT2D eigenvalue weighted by atomic mass is 9.76. The molecule has 10 nitrogen and oxygen atoms in total. The first-order valence-corrected chi connectivity index (χ1v) is 10.4. The molecule has 0 aliphatic heterocycles. The number of hydrogen-bond acceptors (Lipinski definition) is 8. The van der Waals surface area contributed by atoms with Gasteiger partial charge in [-0.15, -0.1) is 13.2 Å². The lowest BCUT2D eigenvalue weighted by Gasteiger charge is -2.24. The molecule has 4 N–H and O–H groups in total. The number of halogens is 6. The van der Waals surface area contributed by atoms with E-state index in [-0.39, 0.29) is 11.4 Å². The van der Waals surface area contributed by atoms with Gasteiger partial charge in [-0.25, -0.2) is 9.37 Å². The number of primary amides is 1. The standard InChI is InChI=1S/C22H13B2F6N3O7/c23-21(24,36)40-15-6-10(39-22(28,29)30)2-4-14(15)38-16-7-11(37-20(26)27)5-12(25)17(16)19(35)33-9-1-3-13(18(31)34)32-8-9/h1-8,20,36H,(H2,31,34)(H,33,35). The minimum absolute atomic E-state index is 0.0674. The molecule has 40 heavy (non-hydrogen) atoms. The minimum Gasteiger partial charge on any atom is -0.478 e. The van der Waals surface area contributed by atoms with Crippen LogP contribution in [0.4, 0.5) is 32.0 Å². The highest BCUT2D eigenvalue weighted by Gasteiger charge is 2.32. The van der Waals surface area contributed by atoms with Crippen molar-refractivity contribution in [2.24, 2.45) is 5.73 Å². The first kappa shape index (κ1) is 29.9. The van der Waals surface area contributed by atoms with Crippen LogP contribution in [0.25, 0.3) is 0 Å². The van der Waals surface area contributed by atoms with Gasteiger partial charge in [0.25, 0.3) is 11.8 Å². The third-order valence-corrected chi connectivity index (χ3v) is 4.40. The maximum atomic E-state index is 15.0. The molecule has 0 bridgehead atoms. The Morgan fingerprint density at radius 1 is 0.975 bits per heavy atom. The van der Waals surface area contributed by atoms with Crippen LogP contribution in [-0.2, 0) is 0 Å². The number of benzene rings is 2. The molecule has 18 heteroatoms. The molecule has 1 aromatic heterocycles. The molecule has 0 saturated heterocycles. The molecule has 206 valence electrons. The number of anilines is 1. The van der Waals surface area contributed by atoms with E-state index >= 15 is 4.39 Å². The average molecular weight is 567 g/mol. The summed E-state index contributed by atoms with van der Waals surface area (Å²) in [6.07, 6.45) is -4.15. The molecule has 3 rings (SSSR count). The molecule has 4 radical (unpaired) electrons. The number of nitrogens with one attached hydrogen (secondary N) is 1. The fraction of sp³-hybridized carbons (Fsp3) is 0.136. The van der Waals surface area contributed by atoms with Crippen molar-refractivity contribution in [1.82, 2.24) is 4.98 Å². The largest absolute Gasteiger partial charge is 0.573 e. The summed E-state index contributed by atoms with van der Waals surface area (Å²) in [5.74, 6) is -7.54. The van der Waals surface area contributed by atoms with Crippen molar-refractivity contribution in [3.05, 3.63) is 65.7 Å². The molecular formula is C22H13B2F6N3O7. The highest BCUT2D eigenvalue weighted by Crippen LogP contribution is 2.40. The molecule has 0 fully saturated rings. The second kappa shape index (κ2) is 11.6. The highest BCUT2D eigenvalue weighted by molar-refractivity contribution is 6.37. The number of carbonyl (C=O) groups is 2. The fourth-order valence-electron chi connectivity index (χ4n) is 2.98. The topological polar surface area (TPSA) is 142 Å². The van der Waals surface area contributed by atoms with E-state index in [0.717, 1.165) is 18.3 Å². The Hall–Kier alpha value is -4.60. The third kappa shape index (κ3) is 8.45. The van der Waals surface area contributed by atoms with Crippen molar-refractivity contribution >= 4 is 33.2 Å². The van der Waals surface area contributed by atoms with Crippen LogP contribution < -0.4 is 30.0 Å². The van der Waals surface area contributed by atoms with E-state index < -0.39 is 70.5 Å². The summed E-state index contributed by atoms with van der Waals surface area (Å²) < 4.78 is 96.6. The number of hydrogen-bond donors (Lipinski definition) is 3. The number of aliphatic hydroxyl groups is 1. The first-order valence-electron chi connectivity index (χ1n) is 10.4. The van der Waals surface area contributed by atoms with Crippen LogP contribution in [0.5, 0.6) is 28.7 Å². The number of rotatable bonds is 10. The Kier molecular flexibility index (Phi) is 8.72. The van der Waals surface area contributed by atoms with Crippen LogP contribution in [0.1, 0.15) is 20.8 Å². The molecule has 0 aliphatic rings.